The Morgan fingerprint density at radius 1 is 1.06 bits per heavy atom. The average molecular weight is 477 g/mol. The van der Waals surface area contributed by atoms with Crippen molar-refractivity contribution in [3.63, 3.8) is 0 Å². The van der Waals surface area contributed by atoms with Gasteiger partial charge in [-0.15, -0.1) is 0 Å². The summed E-state index contributed by atoms with van der Waals surface area (Å²) in [7, 11) is 1.00. The van der Waals surface area contributed by atoms with Gasteiger partial charge < -0.3 is 4.74 Å². The predicted octanol–water partition coefficient (Wildman–Crippen LogP) is 6.65. The van der Waals surface area contributed by atoms with Crippen LogP contribution in [0.5, 0.6) is 0 Å². The van der Waals surface area contributed by atoms with Crippen molar-refractivity contribution in [2.45, 2.75) is 40.0 Å². The van der Waals surface area contributed by atoms with Gasteiger partial charge in [0.05, 0.1) is 32.4 Å². The van der Waals surface area contributed by atoms with Gasteiger partial charge in [-0.25, -0.2) is 9.38 Å². The number of rotatable bonds is 4. The van der Waals surface area contributed by atoms with E-state index in [1.807, 2.05) is 65.0 Å². The zero-order valence-corrected chi connectivity index (χ0v) is 21.1. The van der Waals surface area contributed by atoms with Gasteiger partial charge in [0, 0.05) is 12.1 Å². The first kappa shape index (κ1) is 32.7. The monoisotopic (exact) mass is 476 g/mol. The second kappa shape index (κ2) is 19.0. The van der Waals surface area contributed by atoms with Crippen LogP contribution in [0.15, 0.2) is 63.5 Å². The first-order chi connectivity index (χ1) is 16.3. The van der Waals surface area contributed by atoms with Crippen molar-refractivity contribution in [2.75, 3.05) is 27.5 Å². The molecule has 0 saturated carbocycles. The van der Waals surface area contributed by atoms with Crippen LogP contribution in [0.1, 0.15) is 44.4 Å². The average Bonchev–Trinajstić information content (AvgIpc) is 2.86. The topological polar surface area (TPSA) is 70.1 Å². The van der Waals surface area contributed by atoms with E-state index >= 15 is 0 Å². The Kier molecular flexibility index (Phi) is 18.3. The van der Waals surface area contributed by atoms with Crippen molar-refractivity contribution < 1.29 is 17.9 Å². The predicted molar refractivity (Wildman–Crippen MR) is 136 cm³/mol. The zero-order valence-electron chi connectivity index (χ0n) is 21.1. The number of halogens is 3. The lowest BCUT2D eigenvalue weighted by Crippen LogP contribution is -2.14. The van der Waals surface area contributed by atoms with Crippen LogP contribution in [-0.2, 0) is 10.2 Å². The molecular weight excluding hydrogens is 441 g/mol. The molecule has 0 aromatic heterocycles. The lowest BCUT2D eigenvalue weighted by Gasteiger charge is -2.15. The van der Waals surface area contributed by atoms with Crippen molar-refractivity contribution in [3.8, 4) is 6.07 Å². The third-order valence-electron chi connectivity index (χ3n) is 4.04. The molecule has 0 amide bonds. The molecule has 0 aliphatic heterocycles. The van der Waals surface area contributed by atoms with E-state index in [9.17, 15) is 18.4 Å². The first-order valence-electron chi connectivity index (χ1n) is 10.5. The number of benzene rings is 2. The van der Waals surface area contributed by atoms with Crippen LogP contribution in [0.4, 0.5) is 13.2 Å². The Hall–Kier alpha value is -3.47. The van der Waals surface area contributed by atoms with Gasteiger partial charge in [0.15, 0.2) is 5.84 Å². The summed E-state index contributed by atoms with van der Waals surface area (Å²) in [6, 6.07) is 16.6. The van der Waals surface area contributed by atoms with Crippen LogP contribution in [0.25, 0.3) is 0 Å². The summed E-state index contributed by atoms with van der Waals surface area (Å²) in [5.41, 5.74) is 2.24. The maximum atomic E-state index is 12.2. The van der Waals surface area contributed by atoms with Crippen LogP contribution >= 0.6 is 0 Å². The summed E-state index contributed by atoms with van der Waals surface area (Å²) in [4.78, 5) is 12.4. The lowest BCUT2D eigenvalue weighted by molar-refractivity contribution is 0.323. The number of hydrogen-bond donors (Lipinski definition) is 0. The molecule has 5 nitrogen and oxygen atoms in total. The summed E-state index contributed by atoms with van der Waals surface area (Å²) < 4.78 is 36.4. The van der Waals surface area contributed by atoms with Crippen molar-refractivity contribution in [1.29, 1.82) is 5.26 Å². The van der Waals surface area contributed by atoms with Gasteiger partial charge in [0.1, 0.15) is 5.82 Å². The minimum Gasteiger partial charge on any atom is -0.464 e. The highest BCUT2D eigenvalue weighted by atomic mass is 19.1. The fraction of sp³-hybridized carbons (Fsp3) is 0.385. The van der Waals surface area contributed by atoms with E-state index in [4.69, 9.17) is 4.74 Å². The number of hydrogen-bond acceptors (Lipinski definition) is 3. The van der Waals surface area contributed by atoms with E-state index in [0.29, 0.717) is 33.3 Å². The van der Waals surface area contributed by atoms with Crippen molar-refractivity contribution >= 4 is 18.6 Å². The molecule has 0 saturated heterocycles. The Balaban J connectivity index is 0. The van der Waals surface area contributed by atoms with Crippen molar-refractivity contribution in [2.24, 2.45) is 15.0 Å². The molecule has 186 valence electrons. The number of ether oxygens (including phenoxy) is 1. The van der Waals surface area contributed by atoms with Crippen LogP contribution in [0.3, 0.4) is 0 Å². The Bertz CT molecular complexity index is 917. The quantitative estimate of drug-likeness (QED) is 0.366. The second-order valence-electron chi connectivity index (χ2n) is 6.90. The summed E-state index contributed by atoms with van der Waals surface area (Å²) in [5, 5.41) is 9.19. The number of aryl methyl sites for hydroxylation is 1. The van der Waals surface area contributed by atoms with Gasteiger partial charge >= 0.3 is 6.02 Å². The van der Waals surface area contributed by atoms with Gasteiger partial charge in [-0.1, -0.05) is 36.4 Å². The van der Waals surface area contributed by atoms with Gasteiger partial charge in [0.25, 0.3) is 0 Å². The molecule has 0 spiro atoms. The van der Waals surface area contributed by atoms with E-state index in [1.165, 1.54) is 12.1 Å². The van der Waals surface area contributed by atoms with E-state index in [1.54, 1.807) is 6.07 Å². The number of nitriles is 1. The fourth-order valence-corrected chi connectivity index (χ4v) is 2.38. The van der Waals surface area contributed by atoms with E-state index in [-0.39, 0.29) is 11.8 Å². The number of amidine groups is 2. The highest BCUT2D eigenvalue weighted by Crippen LogP contribution is 2.22. The van der Waals surface area contributed by atoms with Gasteiger partial charge in [-0.2, -0.15) is 10.3 Å². The van der Waals surface area contributed by atoms with E-state index in [0.717, 1.165) is 16.7 Å². The lowest BCUT2D eigenvalue weighted by atomic mass is 9.86. The molecule has 2 rings (SSSR count). The smallest absolute Gasteiger partial charge is 0.317 e. The van der Waals surface area contributed by atoms with Crippen molar-refractivity contribution in [1.82, 2.24) is 0 Å². The van der Waals surface area contributed by atoms with Crippen LogP contribution in [-0.4, -0.2) is 46.1 Å². The Morgan fingerprint density at radius 3 is 2.03 bits per heavy atom. The molecule has 0 fully saturated rings. The molecule has 0 aliphatic carbocycles. The van der Waals surface area contributed by atoms with Crippen LogP contribution in [0, 0.1) is 24.1 Å². The number of aliphatic imine (C=N–C) groups is 3. The standard InChI is InChI=1S/C17H22N4O.C7H7F.2CH3F/c1-6-20-15(21-16(19-5)22-7-2)13-8-10-14(11-9-13)17(3,4)12-18;1-6-3-2-4-7(8)5-6;2*1-2/h8-11H,5-7H2,1-4H3;2-5H,1H3;2*1H3. The summed E-state index contributed by atoms with van der Waals surface area (Å²) in [6.07, 6.45) is 0. The Labute approximate surface area is 201 Å². The van der Waals surface area contributed by atoms with Gasteiger partial charge in [-0.05, 0) is 64.6 Å². The van der Waals surface area contributed by atoms with E-state index in [2.05, 4.69) is 27.8 Å². The molecule has 0 N–H and O–H groups in total. The number of alkyl halides is 2. The maximum Gasteiger partial charge on any atom is 0.317 e. The third-order valence-corrected chi connectivity index (χ3v) is 4.04. The van der Waals surface area contributed by atoms with Crippen molar-refractivity contribution in [3.05, 3.63) is 71.0 Å². The molecule has 0 bridgehead atoms. The molecule has 2 aromatic rings. The molecule has 0 unspecified atom stereocenters. The summed E-state index contributed by atoms with van der Waals surface area (Å²) in [6.45, 7) is 13.9. The highest BCUT2D eigenvalue weighted by Gasteiger charge is 2.19. The summed E-state index contributed by atoms with van der Waals surface area (Å²) >= 11 is 0. The fourth-order valence-electron chi connectivity index (χ4n) is 2.38. The van der Waals surface area contributed by atoms with E-state index < -0.39 is 5.41 Å². The number of nitrogens with zero attached hydrogens (tertiary/aromatic N) is 4. The molecular formula is C26H35F3N4O. The molecule has 0 aliphatic rings. The second-order valence-corrected chi connectivity index (χ2v) is 6.90. The zero-order chi connectivity index (χ0) is 26.6. The van der Waals surface area contributed by atoms with Crippen LogP contribution < -0.4 is 0 Å². The minimum absolute atomic E-state index is 0.162. The molecule has 8 heteroatoms. The van der Waals surface area contributed by atoms with Gasteiger partial charge in [0.2, 0.25) is 0 Å². The van der Waals surface area contributed by atoms with Crippen LogP contribution in [0.2, 0.25) is 0 Å². The SMILES string of the molecule is C=NC(=NC(=NCC)c1ccc(C(C)(C)C#N)cc1)OCC.CF.CF.Cc1cccc(F)c1. The maximum absolute atomic E-state index is 12.2. The Morgan fingerprint density at radius 2 is 1.65 bits per heavy atom. The molecule has 34 heavy (non-hydrogen) atoms. The third kappa shape index (κ3) is 12.5. The minimum atomic E-state index is -0.525. The van der Waals surface area contributed by atoms with Gasteiger partial charge in [-0.3, -0.25) is 13.8 Å². The highest BCUT2D eigenvalue weighted by molar-refractivity contribution is 6.05. The molecule has 0 heterocycles. The summed E-state index contributed by atoms with van der Waals surface area (Å²) in [5.74, 6) is 0.379. The first-order valence-corrected chi connectivity index (χ1v) is 10.5. The largest absolute Gasteiger partial charge is 0.464 e. The normalized spacial score (nSPS) is 10.7. The molecule has 0 atom stereocenters. The molecule has 2 aromatic carbocycles. The molecule has 0 radical (unpaired) electrons.